The Labute approximate surface area is 70.9 Å². The molecule has 9 heavy (non-hydrogen) atoms. The van der Waals surface area contributed by atoms with E-state index in [9.17, 15) is 0 Å². The van der Waals surface area contributed by atoms with Gasteiger partial charge in [0.25, 0.3) is 0 Å². The quantitative estimate of drug-likeness (QED) is 0.471. The summed E-state index contributed by atoms with van der Waals surface area (Å²) in [6.45, 7) is 4.07. The van der Waals surface area contributed by atoms with Crippen molar-refractivity contribution in [1.82, 2.24) is 0 Å². The lowest BCUT2D eigenvalue weighted by atomic mass is 10.1. The van der Waals surface area contributed by atoms with Crippen molar-refractivity contribution >= 4 is 35.7 Å². The van der Waals surface area contributed by atoms with Crippen molar-refractivity contribution in [2.45, 2.75) is 24.7 Å². The minimum atomic E-state index is -0.100. The van der Waals surface area contributed by atoms with Gasteiger partial charge in [-0.3, -0.25) is 0 Å². The summed E-state index contributed by atoms with van der Waals surface area (Å²) in [7, 11) is 0.767. The van der Waals surface area contributed by atoms with Crippen LogP contribution in [0.25, 0.3) is 0 Å². The standard InChI is InChI=1S/C5H14OS2Si/c1-5(2,6-9)4(8)3-7/h4,7-8H,3H2,1-2,9H3. The highest BCUT2D eigenvalue weighted by molar-refractivity contribution is 7.84. The van der Waals surface area contributed by atoms with Gasteiger partial charge in [0.2, 0.25) is 0 Å². The van der Waals surface area contributed by atoms with Crippen molar-refractivity contribution in [3.63, 3.8) is 0 Å². The van der Waals surface area contributed by atoms with Crippen molar-refractivity contribution in [1.29, 1.82) is 0 Å². The van der Waals surface area contributed by atoms with E-state index in [0.717, 1.165) is 16.2 Å². The van der Waals surface area contributed by atoms with Gasteiger partial charge in [0.15, 0.2) is 0 Å². The largest absolute Gasteiger partial charge is 0.422 e. The SMILES string of the molecule is CC(C)(O[SiH3])C(S)CS. The van der Waals surface area contributed by atoms with Gasteiger partial charge in [-0.05, 0) is 13.8 Å². The molecule has 0 aliphatic rings. The fourth-order valence-corrected chi connectivity index (χ4v) is 1.38. The Balaban J connectivity index is 3.80. The Morgan fingerprint density at radius 2 is 2.11 bits per heavy atom. The first-order chi connectivity index (χ1) is 4.04. The van der Waals surface area contributed by atoms with E-state index >= 15 is 0 Å². The highest BCUT2D eigenvalue weighted by Gasteiger charge is 2.23. The van der Waals surface area contributed by atoms with Crippen LogP contribution in [0.3, 0.4) is 0 Å². The van der Waals surface area contributed by atoms with Gasteiger partial charge in [0.1, 0.15) is 10.5 Å². The molecule has 1 unspecified atom stereocenters. The van der Waals surface area contributed by atoms with Gasteiger partial charge in [-0.1, -0.05) is 0 Å². The molecular weight excluding hydrogens is 168 g/mol. The maximum Gasteiger partial charge on any atom is 0.146 e. The van der Waals surface area contributed by atoms with E-state index in [1.165, 1.54) is 0 Å². The second-order valence-corrected chi connectivity index (χ2v) is 3.90. The smallest absolute Gasteiger partial charge is 0.146 e. The average molecular weight is 182 g/mol. The summed E-state index contributed by atoms with van der Waals surface area (Å²) >= 11 is 8.43. The third-order valence-corrected chi connectivity index (χ3v) is 4.01. The van der Waals surface area contributed by atoms with Crippen LogP contribution in [0.1, 0.15) is 13.8 Å². The summed E-state index contributed by atoms with van der Waals surface area (Å²) < 4.78 is 5.30. The van der Waals surface area contributed by atoms with E-state index in [4.69, 9.17) is 4.43 Å². The Hall–Kier alpha value is 0.877. The lowest BCUT2D eigenvalue weighted by Gasteiger charge is -2.28. The molecule has 0 N–H and O–H groups in total. The summed E-state index contributed by atoms with van der Waals surface area (Å²) in [5.41, 5.74) is -0.100. The Morgan fingerprint density at radius 3 is 2.22 bits per heavy atom. The molecule has 1 nitrogen and oxygen atoms in total. The lowest BCUT2D eigenvalue weighted by Crippen LogP contribution is -2.35. The number of rotatable bonds is 3. The molecular formula is C5H14OS2Si. The molecule has 0 spiro atoms. The molecule has 0 aromatic heterocycles. The van der Waals surface area contributed by atoms with Gasteiger partial charge in [-0.15, -0.1) is 0 Å². The minimum absolute atomic E-state index is 0.100. The van der Waals surface area contributed by atoms with Crippen LogP contribution in [0.4, 0.5) is 0 Å². The first-order valence-electron chi connectivity index (χ1n) is 2.88. The van der Waals surface area contributed by atoms with Gasteiger partial charge in [-0.2, -0.15) is 25.3 Å². The number of hydrogen-bond donors (Lipinski definition) is 2. The normalized spacial score (nSPS) is 16.0. The number of hydrogen-bond acceptors (Lipinski definition) is 3. The predicted octanol–water partition coefficient (Wildman–Crippen LogP) is 0.290. The van der Waals surface area contributed by atoms with Crippen LogP contribution in [-0.4, -0.2) is 27.1 Å². The summed E-state index contributed by atoms with van der Waals surface area (Å²) in [5, 5.41) is 0.235. The predicted molar refractivity (Wildman–Crippen MR) is 51.7 cm³/mol. The Morgan fingerprint density at radius 1 is 1.67 bits per heavy atom. The van der Waals surface area contributed by atoms with Crippen LogP contribution < -0.4 is 0 Å². The van der Waals surface area contributed by atoms with Crippen molar-refractivity contribution in [2.75, 3.05) is 5.75 Å². The van der Waals surface area contributed by atoms with Crippen LogP contribution in [-0.2, 0) is 4.43 Å². The van der Waals surface area contributed by atoms with Gasteiger partial charge < -0.3 is 4.43 Å². The third kappa shape index (κ3) is 2.98. The maximum absolute atomic E-state index is 5.30. The molecule has 0 aromatic carbocycles. The molecule has 0 radical (unpaired) electrons. The number of thiol groups is 2. The average Bonchev–Trinajstić information content (AvgIpc) is 1.86. The molecule has 4 heteroatoms. The molecule has 1 atom stereocenters. The van der Waals surface area contributed by atoms with Crippen molar-refractivity contribution < 1.29 is 4.43 Å². The molecule has 0 rings (SSSR count). The molecule has 0 amide bonds. The van der Waals surface area contributed by atoms with Gasteiger partial charge in [0.05, 0.1) is 5.60 Å². The Kier molecular flexibility index (Phi) is 4.28. The molecule has 0 aromatic rings. The summed E-state index contributed by atoms with van der Waals surface area (Å²) in [5.74, 6) is 0.762. The zero-order valence-corrected chi connectivity index (χ0v) is 9.88. The molecule has 0 fully saturated rings. The molecule has 56 valence electrons. The highest BCUT2D eigenvalue weighted by atomic mass is 32.1. The highest BCUT2D eigenvalue weighted by Crippen LogP contribution is 2.18. The molecule has 0 bridgehead atoms. The first-order valence-corrected chi connectivity index (χ1v) is 4.85. The van der Waals surface area contributed by atoms with Gasteiger partial charge in [0, 0.05) is 11.0 Å². The summed E-state index contributed by atoms with van der Waals surface area (Å²) in [6, 6.07) is 0. The van der Waals surface area contributed by atoms with Gasteiger partial charge >= 0.3 is 0 Å². The maximum atomic E-state index is 5.30. The second kappa shape index (κ2) is 3.90. The van der Waals surface area contributed by atoms with Crippen LogP contribution in [0.5, 0.6) is 0 Å². The zero-order chi connectivity index (χ0) is 7.49. The van der Waals surface area contributed by atoms with E-state index in [-0.39, 0.29) is 10.9 Å². The first kappa shape index (κ1) is 9.88. The van der Waals surface area contributed by atoms with Crippen molar-refractivity contribution in [3.05, 3.63) is 0 Å². The van der Waals surface area contributed by atoms with E-state index in [1.807, 2.05) is 13.8 Å². The van der Waals surface area contributed by atoms with Crippen LogP contribution in [0.15, 0.2) is 0 Å². The molecule has 0 saturated carbocycles. The topological polar surface area (TPSA) is 9.23 Å². The zero-order valence-electron chi connectivity index (χ0n) is 6.09. The molecule has 0 saturated heterocycles. The fraction of sp³-hybridized carbons (Fsp3) is 1.00. The molecule has 0 aliphatic carbocycles. The van der Waals surface area contributed by atoms with Crippen LogP contribution in [0, 0.1) is 0 Å². The molecule has 0 heterocycles. The fourth-order valence-electron chi connectivity index (χ4n) is 0.356. The summed E-state index contributed by atoms with van der Waals surface area (Å²) in [4.78, 5) is 0. The second-order valence-electron chi connectivity index (χ2n) is 2.51. The molecule has 0 aliphatic heterocycles. The van der Waals surface area contributed by atoms with Crippen LogP contribution >= 0.6 is 25.3 Å². The lowest BCUT2D eigenvalue weighted by molar-refractivity contribution is 0.127. The van der Waals surface area contributed by atoms with E-state index in [2.05, 4.69) is 25.3 Å². The van der Waals surface area contributed by atoms with E-state index < -0.39 is 0 Å². The third-order valence-electron chi connectivity index (χ3n) is 1.50. The van der Waals surface area contributed by atoms with E-state index in [0.29, 0.717) is 0 Å². The minimum Gasteiger partial charge on any atom is -0.422 e. The van der Waals surface area contributed by atoms with Crippen molar-refractivity contribution in [3.8, 4) is 0 Å². The summed E-state index contributed by atoms with van der Waals surface area (Å²) in [6.07, 6.45) is 0. The Bertz CT molecular complexity index is 87.0. The van der Waals surface area contributed by atoms with Crippen LogP contribution in [0.2, 0.25) is 0 Å². The monoisotopic (exact) mass is 182 g/mol. The van der Waals surface area contributed by atoms with Gasteiger partial charge in [-0.25, -0.2) is 0 Å². The van der Waals surface area contributed by atoms with E-state index in [1.54, 1.807) is 0 Å². The van der Waals surface area contributed by atoms with Crippen molar-refractivity contribution in [2.24, 2.45) is 0 Å².